The molecule has 1 N–H and O–H groups in total. The van der Waals surface area contributed by atoms with Crippen LogP contribution in [0.4, 0.5) is 14.5 Å². The average Bonchev–Trinajstić information content (AvgIpc) is 3.11. The maximum absolute atomic E-state index is 13.8. The van der Waals surface area contributed by atoms with Crippen LogP contribution in [-0.2, 0) is 16.1 Å². The number of anilines is 1. The van der Waals surface area contributed by atoms with Crippen LogP contribution in [-0.4, -0.2) is 29.7 Å². The number of ether oxygens (including phenoxy) is 2. The number of carbonyl (C=O) groups is 2. The summed E-state index contributed by atoms with van der Waals surface area (Å²) in [5.74, 6) is -2.32. The summed E-state index contributed by atoms with van der Waals surface area (Å²) in [6, 6.07) is 17.9. The van der Waals surface area contributed by atoms with Gasteiger partial charge in [0.05, 0.1) is 17.9 Å². The number of halogens is 2. The lowest BCUT2D eigenvalue weighted by molar-refractivity contribution is -0.118. The molecule has 0 aliphatic heterocycles. The molecule has 4 aromatic rings. The number of hydrogen-bond acceptors (Lipinski definition) is 4. The molecule has 0 unspecified atom stereocenters. The molecule has 0 aliphatic carbocycles. The molecular weight excluding hydrogens is 454 g/mol. The topological polar surface area (TPSA) is 69.6 Å². The Hall–Kier alpha value is -4.20. The van der Waals surface area contributed by atoms with Crippen molar-refractivity contribution in [3.05, 3.63) is 95.2 Å². The van der Waals surface area contributed by atoms with Crippen molar-refractivity contribution in [3.8, 4) is 5.75 Å². The van der Waals surface area contributed by atoms with E-state index in [1.54, 1.807) is 19.1 Å². The Morgan fingerprint density at radius 3 is 2.49 bits per heavy atom. The van der Waals surface area contributed by atoms with E-state index in [1.807, 2.05) is 47.9 Å². The fourth-order valence-corrected chi connectivity index (χ4v) is 3.91. The van der Waals surface area contributed by atoms with Crippen LogP contribution in [0.25, 0.3) is 10.9 Å². The molecule has 0 saturated carbocycles. The first-order chi connectivity index (χ1) is 16.9. The second-order valence-corrected chi connectivity index (χ2v) is 7.89. The number of carbonyl (C=O) groups excluding carboxylic acids is 2. The van der Waals surface area contributed by atoms with Gasteiger partial charge in [0.1, 0.15) is 17.4 Å². The highest BCUT2D eigenvalue weighted by Gasteiger charge is 2.22. The summed E-state index contributed by atoms with van der Waals surface area (Å²) in [4.78, 5) is 25.0. The largest absolute Gasteiger partial charge is 0.484 e. The van der Waals surface area contributed by atoms with Gasteiger partial charge < -0.3 is 19.4 Å². The second-order valence-electron chi connectivity index (χ2n) is 7.89. The zero-order valence-electron chi connectivity index (χ0n) is 19.3. The van der Waals surface area contributed by atoms with Crippen molar-refractivity contribution >= 4 is 28.5 Å². The molecule has 0 radical (unpaired) electrons. The molecule has 0 atom stereocenters. The van der Waals surface area contributed by atoms with Gasteiger partial charge in [-0.25, -0.2) is 13.6 Å². The van der Waals surface area contributed by atoms with Crippen LogP contribution in [0.1, 0.15) is 28.5 Å². The van der Waals surface area contributed by atoms with Gasteiger partial charge in [0.25, 0.3) is 5.91 Å². The SMILES string of the molecule is CCOC(=O)c1c(C)n(Cc2ccccc2)c2ccc(OCC(=O)Nc3ccc(F)cc3F)cc12. The first-order valence-corrected chi connectivity index (χ1v) is 11.1. The molecule has 1 heterocycles. The van der Waals surface area contributed by atoms with Gasteiger partial charge in [0.15, 0.2) is 6.61 Å². The number of rotatable bonds is 8. The minimum absolute atomic E-state index is 0.145. The van der Waals surface area contributed by atoms with Crippen LogP contribution < -0.4 is 10.1 Å². The molecule has 6 nitrogen and oxygen atoms in total. The van der Waals surface area contributed by atoms with Gasteiger partial charge in [-0.1, -0.05) is 30.3 Å². The molecule has 1 amide bonds. The number of nitrogens with zero attached hydrogens (tertiary/aromatic N) is 1. The number of fused-ring (bicyclic) bond motifs is 1. The first kappa shape index (κ1) is 23.9. The smallest absolute Gasteiger partial charge is 0.340 e. The number of esters is 1. The Morgan fingerprint density at radius 2 is 1.77 bits per heavy atom. The first-order valence-electron chi connectivity index (χ1n) is 11.1. The van der Waals surface area contributed by atoms with Crippen LogP contribution >= 0.6 is 0 Å². The Labute approximate surface area is 201 Å². The van der Waals surface area contributed by atoms with E-state index >= 15 is 0 Å². The highest BCUT2D eigenvalue weighted by Crippen LogP contribution is 2.31. The Morgan fingerprint density at radius 1 is 1.00 bits per heavy atom. The minimum atomic E-state index is -0.880. The fraction of sp³-hybridized carbons (Fsp3) is 0.185. The molecule has 8 heteroatoms. The number of nitrogens with one attached hydrogen (secondary N) is 1. The molecule has 0 spiro atoms. The lowest BCUT2D eigenvalue weighted by Crippen LogP contribution is -2.20. The molecule has 0 bridgehead atoms. The van der Waals surface area contributed by atoms with Crippen LogP contribution in [0, 0.1) is 18.6 Å². The van der Waals surface area contributed by atoms with Crippen molar-refractivity contribution in [2.45, 2.75) is 20.4 Å². The summed E-state index contributed by atoms with van der Waals surface area (Å²) >= 11 is 0. The van der Waals surface area contributed by atoms with E-state index in [-0.39, 0.29) is 12.3 Å². The van der Waals surface area contributed by atoms with Gasteiger partial charge in [0, 0.05) is 29.2 Å². The van der Waals surface area contributed by atoms with E-state index in [4.69, 9.17) is 9.47 Å². The molecule has 0 fully saturated rings. The Bertz CT molecular complexity index is 1380. The number of hydrogen-bond donors (Lipinski definition) is 1. The van der Waals surface area contributed by atoms with E-state index in [1.165, 1.54) is 0 Å². The molecule has 0 saturated heterocycles. The van der Waals surface area contributed by atoms with Gasteiger partial charge in [-0.3, -0.25) is 4.79 Å². The Balaban J connectivity index is 1.59. The summed E-state index contributed by atoms with van der Waals surface area (Å²) < 4.78 is 39.8. The lowest BCUT2D eigenvalue weighted by Gasteiger charge is -2.10. The molecule has 35 heavy (non-hydrogen) atoms. The van der Waals surface area contributed by atoms with E-state index in [0.717, 1.165) is 28.9 Å². The van der Waals surface area contributed by atoms with Crippen molar-refractivity contribution < 1.29 is 27.8 Å². The van der Waals surface area contributed by atoms with Crippen LogP contribution in [0.15, 0.2) is 66.7 Å². The third-order valence-corrected chi connectivity index (χ3v) is 5.53. The van der Waals surface area contributed by atoms with E-state index < -0.39 is 30.1 Å². The quantitative estimate of drug-likeness (QED) is 0.341. The van der Waals surface area contributed by atoms with E-state index in [0.29, 0.717) is 29.3 Å². The highest BCUT2D eigenvalue weighted by molar-refractivity contribution is 6.06. The maximum atomic E-state index is 13.8. The van der Waals surface area contributed by atoms with Crippen molar-refractivity contribution in [1.82, 2.24) is 4.57 Å². The van der Waals surface area contributed by atoms with Crippen LogP contribution in [0.5, 0.6) is 5.75 Å². The molecule has 1 aromatic heterocycles. The number of amides is 1. The van der Waals surface area contributed by atoms with Gasteiger partial charge in [-0.15, -0.1) is 0 Å². The van der Waals surface area contributed by atoms with E-state index in [2.05, 4.69) is 5.32 Å². The second kappa shape index (κ2) is 10.4. The van der Waals surface area contributed by atoms with Gasteiger partial charge in [-0.05, 0) is 49.7 Å². The van der Waals surface area contributed by atoms with Crippen molar-refractivity contribution in [1.29, 1.82) is 0 Å². The molecular formula is C27H24F2N2O4. The third kappa shape index (κ3) is 5.32. The summed E-state index contributed by atoms with van der Waals surface area (Å²) in [7, 11) is 0. The van der Waals surface area contributed by atoms with Gasteiger partial charge >= 0.3 is 5.97 Å². The lowest BCUT2D eigenvalue weighted by atomic mass is 10.1. The molecule has 4 rings (SSSR count). The van der Waals surface area contributed by atoms with Crippen molar-refractivity contribution in [3.63, 3.8) is 0 Å². The number of benzene rings is 3. The zero-order valence-corrected chi connectivity index (χ0v) is 19.3. The molecule has 3 aromatic carbocycles. The van der Waals surface area contributed by atoms with Crippen LogP contribution in [0.3, 0.4) is 0 Å². The normalized spacial score (nSPS) is 10.9. The van der Waals surface area contributed by atoms with Crippen molar-refractivity contribution in [2.24, 2.45) is 0 Å². The van der Waals surface area contributed by atoms with Gasteiger partial charge in [-0.2, -0.15) is 0 Å². The summed E-state index contributed by atoms with van der Waals surface area (Å²) in [5.41, 5.74) is 2.94. The molecule has 0 aliphatic rings. The summed E-state index contributed by atoms with van der Waals surface area (Å²) in [5, 5.41) is 2.99. The predicted octanol–water partition coefficient (Wildman–Crippen LogP) is 5.47. The Kier molecular flexibility index (Phi) is 7.10. The monoisotopic (exact) mass is 478 g/mol. The summed E-state index contributed by atoms with van der Waals surface area (Å²) in [6.07, 6.45) is 0. The third-order valence-electron chi connectivity index (χ3n) is 5.53. The zero-order chi connectivity index (χ0) is 24.9. The minimum Gasteiger partial charge on any atom is -0.484 e. The average molecular weight is 478 g/mol. The molecule has 180 valence electrons. The standard InChI is InChI=1S/C27H24F2N2O4/c1-3-34-27(33)26-17(2)31(15-18-7-5-4-6-8-18)24-12-10-20(14-21(24)26)35-16-25(32)30-23-11-9-19(28)13-22(23)29/h4-14H,3,15-16H2,1-2H3,(H,30,32). The number of aromatic nitrogens is 1. The van der Waals surface area contributed by atoms with Gasteiger partial charge in [0.2, 0.25) is 0 Å². The summed E-state index contributed by atoms with van der Waals surface area (Å²) in [6.45, 7) is 4.00. The maximum Gasteiger partial charge on any atom is 0.340 e. The predicted molar refractivity (Wildman–Crippen MR) is 129 cm³/mol. The van der Waals surface area contributed by atoms with E-state index in [9.17, 15) is 18.4 Å². The fourth-order valence-electron chi connectivity index (χ4n) is 3.91. The van der Waals surface area contributed by atoms with Crippen molar-refractivity contribution in [2.75, 3.05) is 18.5 Å². The highest BCUT2D eigenvalue weighted by atomic mass is 19.1. The van der Waals surface area contributed by atoms with Crippen LogP contribution in [0.2, 0.25) is 0 Å².